The Kier molecular flexibility index (Phi) is 6.69. The van der Waals surface area contributed by atoms with Gasteiger partial charge in [0.15, 0.2) is 9.84 Å². The number of benzene rings is 2. The fraction of sp³-hybridized carbons (Fsp3) is 0.400. The zero-order valence-corrected chi connectivity index (χ0v) is 17.8. The molecule has 0 amide bonds. The monoisotopic (exact) mass is 436 g/mol. The van der Waals surface area contributed by atoms with E-state index in [0.717, 1.165) is 43.6 Å². The van der Waals surface area contributed by atoms with Crippen molar-refractivity contribution in [3.05, 3.63) is 58.1 Å². The third kappa shape index (κ3) is 5.63. The molecule has 3 rings (SSSR count). The van der Waals surface area contributed by atoms with Gasteiger partial charge in [0, 0.05) is 45.9 Å². The summed E-state index contributed by atoms with van der Waals surface area (Å²) in [5, 5.41) is 14.3. The van der Waals surface area contributed by atoms with Gasteiger partial charge in [0.1, 0.15) is 0 Å². The van der Waals surface area contributed by atoms with Crippen molar-refractivity contribution in [3.8, 4) is 0 Å². The predicted molar refractivity (Wildman–Crippen MR) is 115 cm³/mol. The zero-order valence-electron chi connectivity index (χ0n) is 16.2. The Labute approximate surface area is 173 Å². The summed E-state index contributed by atoms with van der Waals surface area (Å²) >= 11 is 0. The van der Waals surface area contributed by atoms with E-state index >= 15 is 0 Å². The van der Waals surface area contributed by atoms with Gasteiger partial charge in [-0.1, -0.05) is 31.4 Å². The molecule has 1 N–H and O–H groups in total. The van der Waals surface area contributed by atoms with Crippen LogP contribution in [0.3, 0.4) is 0 Å². The van der Waals surface area contributed by atoms with Crippen LogP contribution in [0.25, 0.3) is 0 Å². The number of sulfone groups is 1. The van der Waals surface area contributed by atoms with Gasteiger partial charge in [0.25, 0.3) is 5.69 Å². The van der Waals surface area contributed by atoms with Crippen LogP contribution in [0, 0.1) is 10.1 Å². The Balaban J connectivity index is 1.81. The molecule has 0 bridgehead atoms. The molecule has 0 aromatic heterocycles. The number of rotatable bonds is 7. The molecule has 0 heterocycles. The van der Waals surface area contributed by atoms with Crippen molar-refractivity contribution in [2.24, 2.45) is 0 Å². The van der Waals surface area contributed by atoms with Gasteiger partial charge in [-0.05, 0) is 36.6 Å². The van der Waals surface area contributed by atoms with E-state index in [-0.39, 0.29) is 21.5 Å². The van der Waals surface area contributed by atoms with E-state index in [1.807, 2.05) is 18.2 Å². The molecule has 7 nitrogen and oxygen atoms in total. The maximum Gasteiger partial charge on any atom is 0.270 e. The minimum Gasteiger partial charge on any atom is -0.354 e. The van der Waals surface area contributed by atoms with Crippen molar-refractivity contribution in [1.29, 1.82) is 0 Å². The third-order valence-corrected chi connectivity index (χ3v) is 7.98. The standard InChI is InChI=1S/C20H24N2O5S2/c1-29(26,27)20-13-17(22(23)24)10-11-19(20)21-16-7-5-6-15(12-16)14-28(25)18-8-3-2-4-9-18/h5-7,10-13,18,21H,2-4,8-9,14H2,1H3. The summed E-state index contributed by atoms with van der Waals surface area (Å²) in [5.74, 6) is 0.458. The molecular weight excluding hydrogens is 412 g/mol. The van der Waals surface area contributed by atoms with Crippen LogP contribution >= 0.6 is 0 Å². The van der Waals surface area contributed by atoms with Gasteiger partial charge in [-0.25, -0.2) is 8.42 Å². The van der Waals surface area contributed by atoms with Crippen LogP contribution in [0.15, 0.2) is 47.4 Å². The van der Waals surface area contributed by atoms with Crippen LogP contribution in [0.4, 0.5) is 17.1 Å². The second kappa shape index (κ2) is 9.04. The van der Waals surface area contributed by atoms with Crippen molar-refractivity contribution in [2.75, 3.05) is 11.6 Å². The van der Waals surface area contributed by atoms with E-state index in [1.54, 1.807) is 6.07 Å². The van der Waals surface area contributed by atoms with Crippen LogP contribution < -0.4 is 5.32 Å². The van der Waals surface area contributed by atoms with Crippen LogP contribution in [0.5, 0.6) is 0 Å². The molecule has 1 fully saturated rings. The Bertz CT molecular complexity index is 1030. The Hall–Kier alpha value is -2.26. The minimum absolute atomic E-state index is 0.136. The number of hydrogen-bond donors (Lipinski definition) is 1. The maximum atomic E-state index is 12.7. The lowest BCUT2D eigenvalue weighted by molar-refractivity contribution is -0.385. The highest BCUT2D eigenvalue weighted by Gasteiger charge is 2.21. The summed E-state index contributed by atoms with van der Waals surface area (Å²) in [4.78, 5) is 10.2. The number of anilines is 2. The lowest BCUT2D eigenvalue weighted by atomic mass is 10.0. The molecular formula is C20H24N2O5S2. The van der Waals surface area contributed by atoms with Gasteiger partial charge in [-0.15, -0.1) is 0 Å². The first-order valence-electron chi connectivity index (χ1n) is 9.45. The number of non-ortho nitro benzene ring substituents is 1. The fourth-order valence-electron chi connectivity index (χ4n) is 3.54. The molecule has 2 aromatic rings. The number of hydrogen-bond acceptors (Lipinski definition) is 6. The minimum atomic E-state index is -3.67. The van der Waals surface area contributed by atoms with Gasteiger partial charge < -0.3 is 5.32 Å². The Morgan fingerprint density at radius 2 is 1.86 bits per heavy atom. The predicted octanol–water partition coefficient (Wildman–Crippen LogP) is 4.32. The first-order chi connectivity index (χ1) is 13.7. The topological polar surface area (TPSA) is 106 Å². The smallest absolute Gasteiger partial charge is 0.270 e. The third-order valence-electron chi connectivity index (χ3n) is 5.01. The molecule has 1 atom stereocenters. The molecule has 1 unspecified atom stereocenters. The van der Waals surface area contributed by atoms with E-state index in [4.69, 9.17) is 0 Å². The molecule has 29 heavy (non-hydrogen) atoms. The Morgan fingerprint density at radius 1 is 1.14 bits per heavy atom. The van der Waals surface area contributed by atoms with Crippen LogP contribution in [-0.4, -0.2) is 29.1 Å². The number of nitrogens with one attached hydrogen (secondary N) is 1. The van der Waals surface area contributed by atoms with E-state index in [1.165, 1.54) is 18.6 Å². The molecule has 2 aromatic carbocycles. The van der Waals surface area contributed by atoms with Crippen molar-refractivity contribution in [1.82, 2.24) is 0 Å². The molecule has 0 saturated heterocycles. The molecule has 1 aliphatic rings. The van der Waals surface area contributed by atoms with E-state index in [0.29, 0.717) is 11.4 Å². The molecule has 0 spiro atoms. The first kappa shape index (κ1) is 21.4. The maximum absolute atomic E-state index is 12.7. The van der Waals surface area contributed by atoms with Gasteiger partial charge in [-0.2, -0.15) is 0 Å². The highest BCUT2D eigenvalue weighted by Crippen LogP contribution is 2.30. The van der Waals surface area contributed by atoms with Crippen LogP contribution in [0.2, 0.25) is 0 Å². The number of nitro benzene ring substituents is 1. The van der Waals surface area contributed by atoms with Crippen molar-refractivity contribution < 1.29 is 17.6 Å². The van der Waals surface area contributed by atoms with Crippen molar-refractivity contribution in [2.45, 2.75) is 48.0 Å². The van der Waals surface area contributed by atoms with Crippen molar-refractivity contribution >= 4 is 37.7 Å². The summed E-state index contributed by atoms with van der Waals surface area (Å²) in [5.41, 5.74) is 1.53. The Morgan fingerprint density at radius 3 is 2.52 bits per heavy atom. The molecule has 9 heteroatoms. The first-order valence-corrected chi connectivity index (χ1v) is 12.7. The summed E-state index contributed by atoms with van der Waals surface area (Å²) in [6.07, 6.45) is 6.50. The number of nitrogens with zero attached hydrogens (tertiary/aromatic N) is 1. The SMILES string of the molecule is CS(=O)(=O)c1cc([N+](=O)[O-])ccc1Nc1cccc(CS(=O)C2CCCCC2)c1. The van der Waals surface area contributed by atoms with Gasteiger partial charge >= 0.3 is 0 Å². The lowest BCUT2D eigenvalue weighted by Crippen LogP contribution is -2.19. The quantitative estimate of drug-likeness (QED) is 0.512. The van der Waals surface area contributed by atoms with Gasteiger partial charge in [0.05, 0.1) is 15.5 Å². The lowest BCUT2D eigenvalue weighted by Gasteiger charge is -2.21. The second-order valence-corrected chi connectivity index (χ2v) is 11.0. The van der Waals surface area contributed by atoms with E-state index < -0.39 is 25.6 Å². The highest BCUT2D eigenvalue weighted by molar-refractivity contribution is 7.90. The molecule has 156 valence electrons. The normalized spacial score (nSPS) is 16.3. The molecule has 0 radical (unpaired) electrons. The van der Waals surface area contributed by atoms with Crippen molar-refractivity contribution in [3.63, 3.8) is 0 Å². The largest absolute Gasteiger partial charge is 0.354 e. The average molecular weight is 437 g/mol. The van der Waals surface area contributed by atoms with Gasteiger partial charge in [0.2, 0.25) is 0 Å². The summed E-state index contributed by atoms with van der Waals surface area (Å²) in [6.45, 7) is 0. The highest BCUT2D eigenvalue weighted by atomic mass is 32.2. The fourth-order valence-corrected chi connectivity index (χ4v) is 6.00. The van der Waals surface area contributed by atoms with E-state index in [9.17, 15) is 22.7 Å². The molecule has 1 aliphatic carbocycles. The summed E-state index contributed by atoms with van der Waals surface area (Å²) in [6, 6.07) is 11.1. The zero-order chi connectivity index (χ0) is 21.0. The molecule has 0 aliphatic heterocycles. The summed E-state index contributed by atoms with van der Waals surface area (Å²) < 4.78 is 36.9. The van der Waals surface area contributed by atoms with Crippen LogP contribution in [-0.2, 0) is 26.4 Å². The second-order valence-electron chi connectivity index (χ2n) is 7.32. The van der Waals surface area contributed by atoms with Gasteiger partial charge in [-0.3, -0.25) is 14.3 Å². The van der Waals surface area contributed by atoms with Crippen LogP contribution in [0.1, 0.15) is 37.7 Å². The molecule has 1 saturated carbocycles. The average Bonchev–Trinajstić information content (AvgIpc) is 2.68. The summed E-state index contributed by atoms with van der Waals surface area (Å²) in [7, 11) is -4.61. The van der Waals surface area contributed by atoms with E-state index in [2.05, 4.69) is 5.32 Å². The number of nitro groups is 1.